The maximum atomic E-state index is 13.0. The van der Waals surface area contributed by atoms with Gasteiger partial charge in [-0.2, -0.15) is 0 Å². The van der Waals surface area contributed by atoms with Gasteiger partial charge in [-0.1, -0.05) is 49.0 Å². The number of urea groups is 1. The predicted molar refractivity (Wildman–Crippen MR) is 110 cm³/mol. The molecule has 28 heavy (non-hydrogen) atoms. The summed E-state index contributed by atoms with van der Waals surface area (Å²) in [6.45, 7) is 2.41. The molecule has 0 radical (unpaired) electrons. The molecule has 144 valence electrons. The maximum Gasteiger partial charge on any atom is 0.321 e. The number of nitrogens with zero attached hydrogens (tertiary/aromatic N) is 2. The summed E-state index contributed by atoms with van der Waals surface area (Å²) in [5, 5.41) is 5.74. The molecule has 0 fully saturated rings. The second-order valence-electron chi connectivity index (χ2n) is 5.98. The number of hydrogen-bond acceptors (Lipinski definition) is 5. The number of carbonyl (C=O) groups is 2. The van der Waals surface area contributed by atoms with Crippen LogP contribution >= 0.6 is 11.8 Å². The van der Waals surface area contributed by atoms with E-state index in [9.17, 15) is 14.4 Å². The first-order chi connectivity index (χ1) is 13.6. The quantitative estimate of drug-likeness (QED) is 0.494. The van der Waals surface area contributed by atoms with Crippen LogP contribution in [-0.2, 0) is 4.79 Å². The van der Waals surface area contributed by atoms with Crippen molar-refractivity contribution in [2.75, 3.05) is 12.3 Å². The second kappa shape index (κ2) is 9.18. The lowest BCUT2D eigenvalue weighted by Crippen LogP contribution is -2.40. The first-order valence-electron chi connectivity index (χ1n) is 8.88. The minimum atomic E-state index is -0.528. The van der Waals surface area contributed by atoms with Gasteiger partial charge in [-0.25, -0.2) is 9.78 Å². The third kappa shape index (κ3) is 4.58. The van der Waals surface area contributed by atoms with Crippen LogP contribution in [0.4, 0.5) is 4.79 Å². The van der Waals surface area contributed by atoms with Crippen molar-refractivity contribution in [1.29, 1.82) is 0 Å². The summed E-state index contributed by atoms with van der Waals surface area (Å²) >= 11 is 1.10. The lowest BCUT2D eigenvalue weighted by atomic mass is 10.2. The number of benzene rings is 2. The Morgan fingerprint density at radius 3 is 2.54 bits per heavy atom. The van der Waals surface area contributed by atoms with Gasteiger partial charge in [-0.3, -0.25) is 19.5 Å². The predicted octanol–water partition coefficient (Wildman–Crippen LogP) is 2.71. The highest BCUT2D eigenvalue weighted by molar-refractivity contribution is 7.99. The molecule has 2 N–H and O–H groups in total. The summed E-state index contributed by atoms with van der Waals surface area (Å²) in [5.41, 5.74) is 1.01. The molecule has 0 aliphatic carbocycles. The Morgan fingerprint density at radius 2 is 1.79 bits per heavy atom. The van der Waals surface area contributed by atoms with Crippen molar-refractivity contribution >= 4 is 34.6 Å². The van der Waals surface area contributed by atoms with Crippen molar-refractivity contribution in [3.8, 4) is 5.69 Å². The maximum absolute atomic E-state index is 13.0. The third-order valence-electron chi connectivity index (χ3n) is 3.88. The Kier molecular flexibility index (Phi) is 6.44. The number of carbonyl (C=O) groups excluding carboxylic acids is 2. The van der Waals surface area contributed by atoms with Crippen LogP contribution in [0.1, 0.15) is 13.3 Å². The van der Waals surface area contributed by atoms with E-state index in [4.69, 9.17) is 0 Å². The molecule has 3 rings (SSSR count). The normalized spacial score (nSPS) is 10.6. The van der Waals surface area contributed by atoms with E-state index >= 15 is 0 Å². The van der Waals surface area contributed by atoms with Crippen LogP contribution in [-0.4, -0.2) is 33.8 Å². The van der Waals surface area contributed by atoms with Gasteiger partial charge < -0.3 is 5.32 Å². The summed E-state index contributed by atoms with van der Waals surface area (Å²) in [4.78, 5) is 41.3. The Morgan fingerprint density at radius 1 is 1.07 bits per heavy atom. The molecule has 0 bridgehead atoms. The zero-order valence-corrected chi connectivity index (χ0v) is 16.2. The van der Waals surface area contributed by atoms with Crippen LogP contribution in [0, 0.1) is 0 Å². The molecular formula is C20H20N4O3S. The standard InChI is InChI=1S/C20H20N4O3S/c1-2-12-21-19(27)23-17(25)13-28-20-22-16-11-7-6-10-15(16)18(26)24(20)14-8-4-3-5-9-14/h3-11H,2,12-13H2,1H3,(H2,21,23,25,27). The number of hydrogen-bond donors (Lipinski definition) is 2. The fourth-order valence-corrected chi connectivity index (χ4v) is 3.40. The minimum absolute atomic E-state index is 0.0445. The van der Waals surface area contributed by atoms with E-state index in [1.165, 1.54) is 4.57 Å². The molecular weight excluding hydrogens is 376 g/mol. The van der Waals surface area contributed by atoms with Crippen molar-refractivity contribution in [2.45, 2.75) is 18.5 Å². The number of para-hydroxylation sites is 2. The molecule has 3 aromatic rings. The number of imide groups is 1. The average molecular weight is 396 g/mol. The fraction of sp³-hybridized carbons (Fsp3) is 0.200. The smallest absolute Gasteiger partial charge is 0.321 e. The van der Waals surface area contributed by atoms with Gasteiger partial charge in [0, 0.05) is 6.54 Å². The van der Waals surface area contributed by atoms with Gasteiger partial charge in [-0.05, 0) is 30.7 Å². The zero-order valence-electron chi connectivity index (χ0n) is 15.3. The summed E-state index contributed by atoms with van der Waals surface area (Å²) in [6.07, 6.45) is 0.778. The van der Waals surface area contributed by atoms with Gasteiger partial charge in [0.1, 0.15) is 0 Å². The van der Waals surface area contributed by atoms with Gasteiger partial charge in [0.15, 0.2) is 5.16 Å². The molecule has 7 nitrogen and oxygen atoms in total. The molecule has 1 heterocycles. The lowest BCUT2D eigenvalue weighted by molar-refractivity contribution is -0.117. The molecule has 0 saturated heterocycles. The van der Waals surface area contributed by atoms with Gasteiger partial charge in [-0.15, -0.1) is 0 Å². The second-order valence-corrected chi connectivity index (χ2v) is 6.92. The third-order valence-corrected chi connectivity index (χ3v) is 4.82. The number of thioether (sulfide) groups is 1. The Balaban J connectivity index is 1.89. The Hall–Kier alpha value is -3.13. The molecule has 0 aliphatic heterocycles. The van der Waals surface area contributed by atoms with Crippen LogP contribution in [0.25, 0.3) is 16.6 Å². The van der Waals surface area contributed by atoms with Crippen LogP contribution in [0.3, 0.4) is 0 Å². The number of amides is 3. The van der Waals surface area contributed by atoms with E-state index in [1.54, 1.807) is 36.4 Å². The first kappa shape index (κ1) is 19.6. The Bertz CT molecular complexity index is 1050. The SMILES string of the molecule is CCCNC(=O)NC(=O)CSc1nc2ccccc2c(=O)n1-c1ccccc1. The van der Waals surface area contributed by atoms with Crippen molar-refractivity contribution in [3.05, 3.63) is 65.0 Å². The summed E-state index contributed by atoms with van der Waals surface area (Å²) in [6, 6.07) is 15.7. The molecule has 3 amide bonds. The Labute approximate surface area is 166 Å². The van der Waals surface area contributed by atoms with Crippen molar-refractivity contribution in [3.63, 3.8) is 0 Å². The lowest BCUT2D eigenvalue weighted by Gasteiger charge is -2.13. The van der Waals surface area contributed by atoms with E-state index < -0.39 is 11.9 Å². The number of fused-ring (bicyclic) bond motifs is 1. The molecule has 0 unspecified atom stereocenters. The van der Waals surface area contributed by atoms with Crippen LogP contribution < -0.4 is 16.2 Å². The molecule has 0 atom stereocenters. The first-order valence-corrected chi connectivity index (χ1v) is 9.86. The van der Waals surface area contributed by atoms with Gasteiger partial charge in [0.25, 0.3) is 5.56 Å². The van der Waals surface area contributed by atoms with E-state index in [-0.39, 0.29) is 11.3 Å². The molecule has 2 aromatic carbocycles. The van der Waals surface area contributed by atoms with Gasteiger partial charge in [0.2, 0.25) is 5.91 Å². The summed E-state index contributed by atoms with van der Waals surface area (Å²) < 4.78 is 1.48. The number of rotatable bonds is 6. The molecule has 8 heteroatoms. The van der Waals surface area contributed by atoms with Crippen molar-refractivity contribution in [1.82, 2.24) is 20.2 Å². The number of nitrogens with one attached hydrogen (secondary N) is 2. The highest BCUT2D eigenvalue weighted by Gasteiger charge is 2.15. The average Bonchev–Trinajstić information content (AvgIpc) is 2.71. The monoisotopic (exact) mass is 396 g/mol. The molecule has 1 aromatic heterocycles. The number of aromatic nitrogens is 2. The van der Waals surface area contributed by atoms with Gasteiger partial charge >= 0.3 is 6.03 Å². The van der Waals surface area contributed by atoms with Crippen LogP contribution in [0.5, 0.6) is 0 Å². The molecule has 0 saturated carbocycles. The van der Waals surface area contributed by atoms with E-state index in [0.717, 1.165) is 18.2 Å². The van der Waals surface area contributed by atoms with E-state index in [0.29, 0.717) is 28.3 Å². The fourth-order valence-electron chi connectivity index (χ4n) is 2.59. The largest absolute Gasteiger partial charge is 0.338 e. The van der Waals surface area contributed by atoms with Crippen LogP contribution in [0.15, 0.2) is 64.5 Å². The molecule has 0 spiro atoms. The topological polar surface area (TPSA) is 93.1 Å². The van der Waals surface area contributed by atoms with E-state index in [2.05, 4.69) is 15.6 Å². The zero-order chi connectivity index (χ0) is 19.9. The highest BCUT2D eigenvalue weighted by atomic mass is 32.2. The summed E-state index contributed by atoms with van der Waals surface area (Å²) in [7, 11) is 0. The van der Waals surface area contributed by atoms with Crippen molar-refractivity contribution in [2.24, 2.45) is 0 Å². The summed E-state index contributed by atoms with van der Waals surface area (Å²) in [5.74, 6) is -0.502. The minimum Gasteiger partial charge on any atom is -0.338 e. The highest BCUT2D eigenvalue weighted by Crippen LogP contribution is 2.21. The van der Waals surface area contributed by atoms with Gasteiger partial charge in [0.05, 0.1) is 22.3 Å². The van der Waals surface area contributed by atoms with Crippen molar-refractivity contribution < 1.29 is 9.59 Å². The van der Waals surface area contributed by atoms with Crippen LogP contribution in [0.2, 0.25) is 0 Å². The molecule has 0 aliphatic rings. The van der Waals surface area contributed by atoms with E-state index in [1.807, 2.05) is 25.1 Å².